The Morgan fingerprint density at radius 3 is 2.95 bits per heavy atom. The molecule has 0 aliphatic heterocycles. The molecule has 0 amide bonds. The van der Waals surface area contributed by atoms with Gasteiger partial charge < -0.3 is 5.84 Å². The molecule has 0 radical (unpaired) electrons. The van der Waals surface area contributed by atoms with E-state index in [4.69, 9.17) is 5.84 Å². The molecule has 2 rings (SSSR count). The van der Waals surface area contributed by atoms with E-state index in [-0.39, 0.29) is 5.82 Å². The fourth-order valence-corrected chi connectivity index (χ4v) is 2.75. The van der Waals surface area contributed by atoms with Gasteiger partial charge in [0, 0.05) is 17.9 Å². The zero-order valence-electron chi connectivity index (χ0n) is 10.5. The highest BCUT2D eigenvalue weighted by molar-refractivity contribution is 7.98. The van der Waals surface area contributed by atoms with Crippen LogP contribution >= 0.6 is 23.5 Å². The van der Waals surface area contributed by atoms with Crippen molar-refractivity contribution in [3.8, 4) is 0 Å². The van der Waals surface area contributed by atoms with Gasteiger partial charge in [-0.15, -0.1) is 10.2 Å². The van der Waals surface area contributed by atoms with Gasteiger partial charge in [-0.3, -0.25) is 0 Å². The van der Waals surface area contributed by atoms with Gasteiger partial charge in [0.1, 0.15) is 5.82 Å². The van der Waals surface area contributed by atoms with Crippen LogP contribution in [-0.4, -0.2) is 26.9 Å². The third-order valence-electron chi connectivity index (χ3n) is 2.52. The van der Waals surface area contributed by atoms with Crippen LogP contribution in [-0.2, 0) is 12.2 Å². The highest BCUT2D eigenvalue weighted by Crippen LogP contribution is 2.21. The van der Waals surface area contributed by atoms with Gasteiger partial charge in [0.15, 0.2) is 5.82 Å². The van der Waals surface area contributed by atoms with Crippen molar-refractivity contribution in [1.82, 2.24) is 14.9 Å². The van der Waals surface area contributed by atoms with Crippen LogP contribution in [0.1, 0.15) is 11.4 Å². The van der Waals surface area contributed by atoms with Crippen LogP contribution < -0.4 is 5.84 Å². The van der Waals surface area contributed by atoms with Gasteiger partial charge in [-0.25, -0.2) is 9.07 Å². The standard InChI is InChI=1S/C12H15FN4S2/c1-18-6-5-11-15-16-12(17(11)14)19-8-9-3-2-4-10(13)7-9/h2-4,7H,5-6,8,14H2,1H3. The minimum Gasteiger partial charge on any atom is -0.336 e. The van der Waals surface area contributed by atoms with Crippen LogP contribution in [0.5, 0.6) is 0 Å². The van der Waals surface area contributed by atoms with Crippen LogP contribution in [0.4, 0.5) is 4.39 Å². The lowest BCUT2D eigenvalue weighted by molar-refractivity contribution is 0.626. The first-order valence-corrected chi connectivity index (χ1v) is 8.14. The number of halogens is 1. The second kappa shape index (κ2) is 6.81. The van der Waals surface area contributed by atoms with Crippen molar-refractivity contribution in [3.05, 3.63) is 41.5 Å². The Bertz CT molecular complexity index is 544. The molecule has 2 aromatic rings. The Morgan fingerprint density at radius 2 is 2.21 bits per heavy atom. The van der Waals surface area contributed by atoms with E-state index < -0.39 is 0 Å². The Labute approximate surface area is 119 Å². The van der Waals surface area contributed by atoms with Gasteiger partial charge in [-0.1, -0.05) is 23.9 Å². The molecule has 102 valence electrons. The van der Waals surface area contributed by atoms with E-state index in [1.165, 1.54) is 28.6 Å². The maximum Gasteiger partial charge on any atom is 0.210 e. The number of rotatable bonds is 6. The number of hydrogen-bond donors (Lipinski definition) is 1. The second-order valence-corrected chi connectivity index (χ2v) is 5.86. The largest absolute Gasteiger partial charge is 0.336 e. The molecular weight excluding hydrogens is 283 g/mol. The second-order valence-electron chi connectivity index (χ2n) is 3.93. The molecule has 0 aliphatic carbocycles. The lowest BCUT2D eigenvalue weighted by atomic mass is 10.2. The molecule has 4 nitrogen and oxygen atoms in total. The lowest BCUT2D eigenvalue weighted by Crippen LogP contribution is -2.14. The van der Waals surface area contributed by atoms with Gasteiger partial charge >= 0.3 is 0 Å². The number of nitrogens with two attached hydrogens (primary N) is 1. The van der Waals surface area contributed by atoms with Crippen molar-refractivity contribution >= 4 is 23.5 Å². The SMILES string of the molecule is CSCCc1nnc(SCc2cccc(F)c2)n1N. The molecule has 7 heteroatoms. The first-order valence-electron chi connectivity index (χ1n) is 5.76. The van der Waals surface area contributed by atoms with E-state index in [0.29, 0.717) is 10.9 Å². The molecule has 1 heterocycles. The van der Waals surface area contributed by atoms with E-state index >= 15 is 0 Å². The average molecular weight is 298 g/mol. The Kier molecular flexibility index (Phi) is 5.09. The van der Waals surface area contributed by atoms with E-state index in [1.807, 2.05) is 12.3 Å². The summed E-state index contributed by atoms with van der Waals surface area (Å²) >= 11 is 3.20. The fraction of sp³-hybridized carbons (Fsp3) is 0.333. The van der Waals surface area contributed by atoms with Gasteiger partial charge in [0.05, 0.1) is 0 Å². The molecule has 0 spiro atoms. The quantitative estimate of drug-likeness (QED) is 0.655. The highest BCUT2D eigenvalue weighted by Gasteiger charge is 2.10. The summed E-state index contributed by atoms with van der Waals surface area (Å²) < 4.78 is 14.6. The minimum absolute atomic E-state index is 0.229. The molecular formula is C12H15FN4S2. The number of benzene rings is 1. The number of thioether (sulfide) groups is 2. The van der Waals surface area contributed by atoms with Crippen LogP contribution in [0.15, 0.2) is 29.4 Å². The maximum absolute atomic E-state index is 13.0. The van der Waals surface area contributed by atoms with E-state index in [0.717, 1.165) is 23.6 Å². The zero-order chi connectivity index (χ0) is 13.7. The van der Waals surface area contributed by atoms with Crippen molar-refractivity contribution in [2.45, 2.75) is 17.3 Å². The molecule has 1 aromatic carbocycles. The molecule has 0 atom stereocenters. The normalized spacial score (nSPS) is 10.8. The van der Waals surface area contributed by atoms with Gasteiger partial charge in [-0.2, -0.15) is 11.8 Å². The Hall–Kier alpha value is -1.21. The Morgan fingerprint density at radius 1 is 1.37 bits per heavy atom. The van der Waals surface area contributed by atoms with Crippen LogP contribution in [0, 0.1) is 5.82 Å². The molecule has 1 aromatic heterocycles. The number of hydrogen-bond acceptors (Lipinski definition) is 5. The lowest BCUT2D eigenvalue weighted by Gasteiger charge is -2.03. The van der Waals surface area contributed by atoms with Crippen molar-refractivity contribution in [3.63, 3.8) is 0 Å². The van der Waals surface area contributed by atoms with Crippen LogP contribution in [0.2, 0.25) is 0 Å². The highest BCUT2D eigenvalue weighted by atomic mass is 32.2. The van der Waals surface area contributed by atoms with Crippen LogP contribution in [0.3, 0.4) is 0 Å². The summed E-state index contributed by atoms with van der Waals surface area (Å²) in [7, 11) is 0. The summed E-state index contributed by atoms with van der Waals surface area (Å²) in [5.74, 6) is 8.05. The number of nitrogens with zero attached hydrogens (tertiary/aromatic N) is 3. The monoisotopic (exact) mass is 298 g/mol. The van der Waals surface area contributed by atoms with Crippen molar-refractivity contribution < 1.29 is 4.39 Å². The van der Waals surface area contributed by atoms with E-state index in [2.05, 4.69) is 10.2 Å². The molecule has 0 bridgehead atoms. The number of nitrogen functional groups attached to an aromatic ring is 1. The first kappa shape index (κ1) is 14.2. The number of aromatic nitrogens is 3. The molecule has 0 aliphatic rings. The van der Waals surface area contributed by atoms with Crippen molar-refractivity contribution in [2.24, 2.45) is 0 Å². The molecule has 0 fully saturated rings. The van der Waals surface area contributed by atoms with Gasteiger partial charge in [-0.05, 0) is 24.0 Å². The zero-order valence-corrected chi connectivity index (χ0v) is 12.2. The Balaban J connectivity index is 1.98. The molecule has 2 N–H and O–H groups in total. The number of aryl methyl sites for hydroxylation is 1. The van der Waals surface area contributed by atoms with Crippen molar-refractivity contribution in [2.75, 3.05) is 17.9 Å². The van der Waals surface area contributed by atoms with Crippen LogP contribution in [0.25, 0.3) is 0 Å². The van der Waals surface area contributed by atoms with Gasteiger partial charge in [0.25, 0.3) is 0 Å². The molecule has 19 heavy (non-hydrogen) atoms. The summed E-state index contributed by atoms with van der Waals surface area (Å²) in [4.78, 5) is 0. The van der Waals surface area contributed by atoms with E-state index in [9.17, 15) is 4.39 Å². The third-order valence-corrected chi connectivity index (χ3v) is 4.15. The smallest absolute Gasteiger partial charge is 0.210 e. The predicted molar refractivity (Wildman–Crippen MR) is 78.2 cm³/mol. The van der Waals surface area contributed by atoms with Gasteiger partial charge in [0.2, 0.25) is 5.16 Å². The molecule has 0 saturated heterocycles. The predicted octanol–water partition coefficient (Wildman–Crippen LogP) is 2.33. The molecule has 0 unspecified atom stereocenters. The first-order chi connectivity index (χ1) is 9.20. The average Bonchev–Trinajstić information content (AvgIpc) is 2.75. The summed E-state index contributed by atoms with van der Waals surface area (Å²) in [6, 6.07) is 6.52. The third kappa shape index (κ3) is 3.87. The topological polar surface area (TPSA) is 56.7 Å². The molecule has 0 saturated carbocycles. The van der Waals surface area contributed by atoms with E-state index in [1.54, 1.807) is 17.8 Å². The summed E-state index contributed by atoms with van der Waals surface area (Å²) in [5, 5.41) is 8.77. The summed E-state index contributed by atoms with van der Waals surface area (Å²) in [6.07, 6.45) is 2.84. The van der Waals surface area contributed by atoms with Crippen molar-refractivity contribution in [1.29, 1.82) is 0 Å². The summed E-state index contributed by atoms with van der Waals surface area (Å²) in [5.41, 5.74) is 0.902. The summed E-state index contributed by atoms with van der Waals surface area (Å²) in [6.45, 7) is 0. The minimum atomic E-state index is -0.229. The maximum atomic E-state index is 13.0. The fourth-order valence-electron chi connectivity index (χ4n) is 1.54.